The Morgan fingerprint density at radius 2 is 2.06 bits per heavy atom. The Morgan fingerprint density at radius 3 is 2.89 bits per heavy atom. The molecule has 0 aliphatic rings. The molecule has 0 unspecified atom stereocenters. The number of imidazole rings is 1. The summed E-state index contributed by atoms with van der Waals surface area (Å²) in [5.41, 5.74) is 8.00. The van der Waals surface area contributed by atoms with Gasteiger partial charge in [0.25, 0.3) is 0 Å². The van der Waals surface area contributed by atoms with Gasteiger partial charge in [0.2, 0.25) is 5.95 Å². The van der Waals surface area contributed by atoms with E-state index in [4.69, 9.17) is 5.73 Å². The molecule has 2 aromatic heterocycles. The molecule has 0 atom stereocenters. The van der Waals surface area contributed by atoms with E-state index < -0.39 is 0 Å². The molecule has 0 spiro atoms. The molecule has 0 saturated heterocycles. The summed E-state index contributed by atoms with van der Waals surface area (Å²) in [6.45, 7) is 0.360. The molecule has 0 aliphatic heterocycles. The van der Waals surface area contributed by atoms with Crippen molar-refractivity contribution in [3.63, 3.8) is 0 Å². The Hall–Kier alpha value is -2.43. The van der Waals surface area contributed by atoms with Gasteiger partial charge in [-0.2, -0.15) is 0 Å². The molecule has 1 aromatic carbocycles. The van der Waals surface area contributed by atoms with Crippen molar-refractivity contribution in [2.75, 3.05) is 5.73 Å². The summed E-state index contributed by atoms with van der Waals surface area (Å²) >= 11 is 0. The minimum atomic E-state index is -0.243. The van der Waals surface area contributed by atoms with E-state index in [2.05, 4.69) is 9.97 Å². The molecule has 3 aromatic rings. The zero-order valence-corrected chi connectivity index (χ0v) is 9.55. The van der Waals surface area contributed by atoms with Gasteiger partial charge in [0.1, 0.15) is 11.3 Å². The quantitative estimate of drug-likeness (QED) is 0.749. The van der Waals surface area contributed by atoms with Gasteiger partial charge in [0, 0.05) is 11.8 Å². The standard InChI is InChI=1S/C13H11FN4/c14-10-4-2-1-3-9(10)8-18-12-5-6-16-7-11(12)17-13(18)15/h1-7H,8H2,(H2,15,17). The minimum Gasteiger partial charge on any atom is -0.369 e. The van der Waals surface area contributed by atoms with Crippen LogP contribution < -0.4 is 5.73 Å². The molecule has 3 rings (SSSR count). The maximum Gasteiger partial charge on any atom is 0.201 e. The predicted molar refractivity (Wildman–Crippen MR) is 67.4 cm³/mol. The average molecular weight is 242 g/mol. The van der Waals surface area contributed by atoms with E-state index in [0.29, 0.717) is 23.6 Å². The van der Waals surface area contributed by atoms with E-state index in [1.807, 2.05) is 6.07 Å². The SMILES string of the molecule is Nc1nc2cnccc2n1Cc1ccccc1F. The molecule has 0 bridgehead atoms. The predicted octanol–water partition coefficient (Wildman–Crippen LogP) is 2.20. The maximum absolute atomic E-state index is 13.6. The lowest BCUT2D eigenvalue weighted by atomic mass is 10.2. The number of hydrogen-bond donors (Lipinski definition) is 1. The largest absolute Gasteiger partial charge is 0.369 e. The topological polar surface area (TPSA) is 56.7 Å². The van der Waals surface area contributed by atoms with Crippen molar-refractivity contribution in [2.24, 2.45) is 0 Å². The molecule has 5 heteroatoms. The van der Waals surface area contributed by atoms with E-state index in [9.17, 15) is 4.39 Å². The van der Waals surface area contributed by atoms with Crippen molar-refractivity contribution < 1.29 is 4.39 Å². The lowest BCUT2D eigenvalue weighted by Gasteiger charge is -2.07. The number of nitrogen functional groups attached to an aromatic ring is 1. The molecule has 0 amide bonds. The molecule has 0 saturated carbocycles. The van der Waals surface area contributed by atoms with E-state index in [1.54, 1.807) is 35.2 Å². The number of rotatable bonds is 2. The van der Waals surface area contributed by atoms with Gasteiger partial charge in [-0.3, -0.25) is 4.98 Å². The van der Waals surface area contributed by atoms with E-state index in [-0.39, 0.29) is 5.82 Å². The third-order valence-corrected chi connectivity index (χ3v) is 2.87. The first-order chi connectivity index (χ1) is 8.75. The summed E-state index contributed by atoms with van der Waals surface area (Å²) in [7, 11) is 0. The summed E-state index contributed by atoms with van der Waals surface area (Å²) in [6.07, 6.45) is 3.31. The van der Waals surface area contributed by atoms with Crippen molar-refractivity contribution in [1.29, 1.82) is 0 Å². The second-order valence-electron chi connectivity index (χ2n) is 4.01. The Bertz CT molecular complexity index is 705. The van der Waals surface area contributed by atoms with Gasteiger partial charge < -0.3 is 10.3 Å². The fraction of sp³-hybridized carbons (Fsp3) is 0.0769. The first-order valence-corrected chi connectivity index (χ1v) is 5.55. The smallest absolute Gasteiger partial charge is 0.201 e. The highest BCUT2D eigenvalue weighted by Gasteiger charge is 2.10. The van der Waals surface area contributed by atoms with E-state index >= 15 is 0 Å². The second kappa shape index (κ2) is 4.10. The van der Waals surface area contributed by atoms with Crippen molar-refractivity contribution >= 4 is 17.0 Å². The van der Waals surface area contributed by atoms with Gasteiger partial charge in [-0.05, 0) is 12.1 Å². The summed E-state index contributed by atoms with van der Waals surface area (Å²) in [5.74, 6) is 0.119. The van der Waals surface area contributed by atoms with Crippen LogP contribution in [0.5, 0.6) is 0 Å². The van der Waals surface area contributed by atoms with Crippen LogP contribution in [-0.2, 0) is 6.54 Å². The molecule has 0 radical (unpaired) electrons. The van der Waals surface area contributed by atoms with Crippen LogP contribution in [-0.4, -0.2) is 14.5 Å². The molecule has 0 fully saturated rings. The number of anilines is 1. The lowest BCUT2D eigenvalue weighted by Crippen LogP contribution is -2.05. The van der Waals surface area contributed by atoms with Crippen molar-refractivity contribution in [1.82, 2.24) is 14.5 Å². The van der Waals surface area contributed by atoms with Crippen molar-refractivity contribution in [2.45, 2.75) is 6.54 Å². The van der Waals surface area contributed by atoms with Gasteiger partial charge in [0.15, 0.2) is 0 Å². The molecule has 4 nitrogen and oxygen atoms in total. The van der Waals surface area contributed by atoms with Crippen LogP contribution in [0, 0.1) is 5.82 Å². The van der Waals surface area contributed by atoms with Crippen LogP contribution in [0.3, 0.4) is 0 Å². The number of nitrogens with zero attached hydrogens (tertiary/aromatic N) is 3. The first-order valence-electron chi connectivity index (χ1n) is 5.55. The third-order valence-electron chi connectivity index (χ3n) is 2.87. The highest BCUT2D eigenvalue weighted by atomic mass is 19.1. The van der Waals surface area contributed by atoms with Gasteiger partial charge in [-0.1, -0.05) is 18.2 Å². The first kappa shape index (κ1) is 10.7. The number of aromatic nitrogens is 3. The Balaban J connectivity index is 2.10. The highest BCUT2D eigenvalue weighted by molar-refractivity contribution is 5.77. The van der Waals surface area contributed by atoms with E-state index in [1.165, 1.54) is 6.07 Å². The van der Waals surface area contributed by atoms with Gasteiger partial charge >= 0.3 is 0 Å². The number of nitrogens with two attached hydrogens (primary N) is 1. The summed E-state index contributed by atoms with van der Waals surface area (Å²) in [5, 5.41) is 0. The Kier molecular flexibility index (Phi) is 2.44. The van der Waals surface area contributed by atoms with Crippen molar-refractivity contribution in [3.8, 4) is 0 Å². The minimum absolute atomic E-state index is 0.243. The van der Waals surface area contributed by atoms with Crippen LogP contribution in [0.4, 0.5) is 10.3 Å². The molecule has 0 aliphatic carbocycles. The number of pyridine rings is 1. The fourth-order valence-corrected chi connectivity index (χ4v) is 1.96. The summed E-state index contributed by atoms with van der Waals surface area (Å²) < 4.78 is 15.4. The van der Waals surface area contributed by atoms with E-state index in [0.717, 1.165) is 5.52 Å². The zero-order valence-electron chi connectivity index (χ0n) is 9.55. The highest BCUT2D eigenvalue weighted by Crippen LogP contribution is 2.19. The molecule has 2 N–H and O–H groups in total. The van der Waals surface area contributed by atoms with Crippen LogP contribution in [0.1, 0.15) is 5.56 Å². The van der Waals surface area contributed by atoms with Crippen LogP contribution >= 0.6 is 0 Å². The number of fused-ring (bicyclic) bond motifs is 1. The van der Waals surface area contributed by atoms with Crippen LogP contribution in [0.2, 0.25) is 0 Å². The average Bonchev–Trinajstić information content (AvgIpc) is 2.69. The molecule has 2 heterocycles. The van der Waals surface area contributed by atoms with Crippen LogP contribution in [0.15, 0.2) is 42.7 Å². The van der Waals surface area contributed by atoms with Gasteiger partial charge in [0.05, 0.1) is 18.3 Å². The monoisotopic (exact) mass is 242 g/mol. The van der Waals surface area contributed by atoms with Crippen LogP contribution in [0.25, 0.3) is 11.0 Å². The summed E-state index contributed by atoms with van der Waals surface area (Å²) in [4.78, 5) is 8.18. The molecule has 90 valence electrons. The molecule has 18 heavy (non-hydrogen) atoms. The fourth-order valence-electron chi connectivity index (χ4n) is 1.96. The third kappa shape index (κ3) is 1.69. The molecular formula is C13H11FN4. The maximum atomic E-state index is 13.6. The van der Waals surface area contributed by atoms with Gasteiger partial charge in [-0.25, -0.2) is 9.37 Å². The summed E-state index contributed by atoms with van der Waals surface area (Å²) in [6, 6.07) is 8.46. The molecular weight excluding hydrogens is 231 g/mol. The Morgan fingerprint density at radius 1 is 1.22 bits per heavy atom. The van der Waals surface area contributed by atoms with Crippen molar-refractivity contribution in [3.05, 3.63) is 54.1 Å². The zero-order chi connectivity index (χ0) is 12.5. The van der Waals surface area contributed by atoms with Gasteiger partial charge in [-0.15, -0.1) is 0 Å². The number of hydrogen-bond acceptors (Lipinski definition) is 3. The number of benzene rings is 1. The second-order valence-corrected chi connectivity index (χ2v) is 4.01. The number of halogens is 1. The lowest BCUT2D eigenvalue weighted by molar-refractivity contribution is 0.602. The Labute approximate surface area is 103 Å². The normalized spacial score (nSPS) is 10.9.